The van der Waals surface area contributed by atoms with Crippen molar-refractivity contribution >= 4 is 23.3 Å². The maximum Gasteiger partial charge on any atom is 0.338 e. The Morgan fingerprint density at radius 2 is 1.52 bits per heavy atom. The average molecular weight is 369 g/mol. The molecule has 27 heavy (non-hydrogen) atoms. The molecule has 0 heterocycles. The lowest BCUT2D eigenvalue weighted by Gasteiger charge is -2.07. The fourth-order valence-corrected chi connectivity index (χ4v) is 2.19. The predicted octanol–water partition coefficient (Wildman–Crippen LogP) is 3.86. The Bertz CT molecular complexity index is 781. The van der Waals surface area contributed by atoms with Crippen LogP contribution >= 0.6 is 0 Å². The molecule has 0 saturated heterocycles. The molecule has 142 valence electrons. The summed E-state index contributed by atoms with van der Waals surface area (Å²) in [6, 6.07) is 13.0. The standard InChI is InChI=1S/C21H23NO5/c1-3-13-26-18-11-7-16(8-12-18)21(25)27-14-19(23)15-5-9-17(10-6-15)22-20(24)4-2/h5-12H,3-4,13-14H2,1-2H3,(H,22,24). The molecule has 6 nitrogen and oxygen atoms in total. The van der Waals surface area contributed by atoms with Gasteiger partial charge in [-0.15, -0.1) is 0 Å². The summed E-state index contributed by atoms with van der Waals surface area (Å²) < 4.78 is 10.5. The Kier molecular flexibility index (Phi) is 7.55. The third-order valence-corrected chi connectivity index (χ3v) is 3.71. The van der Waals surface area contributed by atoms with Gasteiger partial charge in [-0.05, 0) is 55.0 Å². The summed E-state index contributed by atoms with van der Waals surface area (Å²) in [7, 11) is 0. The van der Waals surface area contributed by atoms with E-state index < -0.39 is 5.97 Å². The lowest BCUT2D eigenvalue weighted by Crippen LogP contribution is -2.14. The van der Waals surface area contributed by atoms with Crippen molar-refractivity contribution in [3.05, 3.63) is 59.7 Å². The molecule has 1 N–H and O–H groups in total. The Hall–Kier alpha value is -3.15. The number of ketones is 1. The Morgan fingerprint density at radius 3 is 2.11 bits per heavy atom. The lowest BCUT2D eigenvalue weighted by atomic mass is 10.1. The molecule has 0 fully saturated rings. The van der Waals surface area contributed by atoms with Crippen LogP contribution in [0.25, 0.3) is 0 Å². The number of amides is 1. The van der Waals surface area contributed by atoms with Crippen LogP contribution in [0.2, 0.25) is 0 Å². The van der Waals surface area contributed by atoms with Crippen LogP contribution in [0.5, 0.6) is 5.75 Å². The van der Waals surface area contributed by atoms with Crippen molar-refractivity contribution in [1.82, 2.24) is 0 Å². The number of Topliss-reactive ketones (excluding diaryl/α,β-unsaturated/α-hetero) is 1. The van der Waals surface area contributed by atoms with Crippen LogP contribution in [0.3, 0.4) is 0 Å². The van der Waals surface area contributed by atoms with Crippen molar-refractivity contribution in [1.29, 1.82) is 0 Å². The van der Waals surface area contributed by atoms with E-state index in [0.717, 1.165) is 6.42 Å². The van der Waals surface area contributed by atoms with Gasteiger partial charge in [-0.1, -0.05) is 13.8 Å². The first-order chi connectivity index (χ1) is 13.0. The second kappa shape index (κ2) is 10.1. The van der Waals surface area contributed by atoms with Gasteiger partial charge in [0.25, 0.3) is 0 Å². The number of carbonyl (C=O) groups excluding carboxylic acids is 3. The number of hydrogen-bond donors (Lipinski definition) is 1. The Balaban J connectivity index is 1.87. The normalized spacial score (nSPS) is 10.1. The number of hydrogen-bond acceptors (Lipinski definition) is 5. The number of anilines is 1. The van der Waals surface area contributed by atoms with Crippen LogP contribution in [0.1, 0.15) is 47.4 Å². The minimum atomic E-state index is -0.572. The summed E-state index contributed by atoms with van der Waals surface area (Å²) in [6.45, 7) is 4.03. The second-order valence-electron chi connectivity index (χ2n) is 5.85. The molecule has 1 amide bonds. The Morgan fingerprint density at radius 1 is 0.889 bits per heavy atom. The molecule has 0 bridgehead atoms. The molecule has 0 aromatic heterocycles. The van der Waals surface area contributed by atoms with E-state index in [1.807, 2.05) is 6.92 Å². The van der Waals surface area contributed by atoms with E-state index in [0.29, 0.717) is 35.6 Å². The fraction of sp³-hybridized carbons (Fsp3) is 0.286. The fourth-order valence-electron chi connectivity index (χ4n) is 2.19. The average Bonchev–Trinajstić information content (AvgIpc) is 2.71. The summed E-state index contributed by atoms with van der Waals surface area (Å²) in [4.78, 5) is 35.6. The summed E-state index contributed by atoms with van der Waals surface area (Å²) in [5.41, 5.74) is 1.37. The van der Waals surface area contributed by atoms with Gasteiger partial charge in [0.15, 0.2) is 12.4 Å². The summed E-state index contributed by atoms with van der Waals surface area (Å²) in [5.74, 6) is -0.314. The van der Waals surface area contributed by atoms with E-state index >= 15 is 0 Å². The van der Waals surface area contributed by atoms with E-state index in [2.05, 4.69) is 5.32 Å². The maximum atomic E-state index is 12.2. The van der Waals surface area contributed by atoms with E-state index in [9.17, 15) is 14.4 Å². The predicted molar refractivity (Wildman–Crippen MR) is 102 cm³/mol. The van der Waals surface area contributed by atoms with Gasteiger partial charge in [-0.2, -0.15) is 0 Å². The van der Waals surface area contributed by atoms with Gasteiger partial charge in [0.2, 0.25) is 5.91 Å². The van der Waals surface area contributed by atoms with Crippen LogP contribution in [0, 0.1) is 0 Å². The van der Waals surface area contributed by atoms with Gasteiger partial charge in [-0.3, -0.25) is 9.59 Å². The number of carbonyl (C=O) groups is 3. The van der Waals surface area contributed by atoms with Gasteiger partial charge in [0.1, 0.15) is 5.75 Å². The van der Waals surface area contributed by atoms with Gasteiger partial charge < -0.3 is 14.8 Å². The van der Waals surface area contributed by atoms with Gasteiger partial charge in [-0.25, -0.2) is 4.79 Å². The molecule has 2 aromatic rings. The van der Waals surface area contributed by atoms with Crippen LogP contribution in [-0.4, -0.2) is 30.9 Å². The topological polar surface area (TPSA) is 81.7 Å². The van der Waals surface area contributed by atoms with Crippen molar-refractivity contribution in [2.45, 2.75) is 26.7 Å². The molecule has 0 atom stereocenters. The zero-order valence-electron chi connectivity index (χ0n) is 15.5. The van der Waals surface area contributed by atoms with Crippen LogP contribution in [0.15, 0.2) is 48.5 Å². The number of benzene rings is 2. The highest BCUT2D eigenvalue weighted by molar-refractivity contribution is 6.00. The second-order valence-corrected chi connectivity index (χ2v) is 5.85. The summed E-state index contributed by atoms with van der Waals surface area (Å²) in [5, 5.41) is 2.70. The van der Waals surface area contributed by atoms with Crippen molar-refractivity contribution in [3.63, 3.8) is 0 Å². The SMILES string of the molecule is CCCOc1ccc(C(=O)OCC(=O)c2ccc(NC(=O)CC)cc2)cc1. The molecule has 2 rings (SSSR count). The molecular weight excluding hydrogens is 346 g/mol. The number of nitrogens with one attached hydrogen (secondary N) is 1. The number of ether oxygens (including phenoxy) is 2. The zero-order chi connectivity index (χ0) is 19.6. The van der Waals surface area contributed by atoms with Crippen molar-refractivity contribution in [3.8, 4) is 5.75 Å². The lowest BCUT2D eigenvalue weighted by molar-refractivity contribution is -0.115. The molecule has 0 aliphatic carbocycles. The summed E-state index contributed by atoms with van der Waals surface area (Å²) >= 11 is 0. The molecule has 0 aliphatic rings. The first kappa shape index (κ1) is 20.2. The van der Waals surface area contributed by atoms with E-state index in [-0.39, 0.29) is 18.3 Å². The van der Waals surface area contributed by atoms with Crippen molar-refractivity contribution < 1.29 is 23.9 Å². The van der Waals surface area contributed by atoms with Gasteiger partial charge >= 0.3 is 5.97 Å². The van der Waals surface area contributed by atoms with Gasteiger partial charge in [0.05, 0.1) is 12.2 Å². The highest BCUT2D eigenvalue weighted by atomic mass is 16.5. The van der Waals surface area contributed by atoms with Crippen LogP contribution < -0.4 is 10.1 Å². The number of esters is 1. The quantitative estimate of drug-likeness (QED) is 0.536. The smallest absolute Gasteiger partial charge is 0.338 e. The minimum Gasteiger partial charge on any atom is -0.494 e. The molecule has 6 heteroatoms. The maximum absolute atomic E-state index is 12.2. The molecule has 2 aromatic carbocycles. The minimum absolute atomic E-state index is 0.103. The third-order valence-electron chi connectivity index (χ3n) is 3.71. The highest BCUT2D eigenvalue weighted by Crippen LogP contribution is 2.14. The monoisotopic (exact) mass is 369 g/mol. The first-order valence-corrected chi connectivity index (χ1v) is 8.86. The van der Waals surface area contributed by atoms with Crippen LogP contribution in [-0.2, 0) is 9.53 Å². The summed E-state index contributed by atoms with van der Waals surface area (Å²) in [6.07, 6.45) is 1.28. The van der Waals surface area contributed by atoms with E-state index in [1.54, 1.807) is 55.5 Å². The van der Waals surface area contributed by atoms with E-state index in [1.165, 1.54) is 0 Å². The zero-order valence-corrected chi connectivity index (χ0v) is 15.5. The number of rotatable bonds is 9. The van der Waals surface area contributed by atoms with Gasteiger partial charge in [0, 0.05) is 17.7 Å². The molecule has 0 unspecified atom stereocenters. The third kappa shape index (κ3) is 6.26. The van der Waals surface area contributed by atoms with Crippen molar-refractivity contribution in [2.24, 2.45) is 0 Å². The van der Waals surface area contributed by atoms with Crippen LogP contribution in [0.4, 0.5) is 5.69 Å². The molecule has 0 spiro atoms. The molecule has 0 radical (unpaired) electrons. The Labute approximate surface area is 158 Å². The molecule has 0 saturated carbocycles. The van der Waals surface area contributed by atoms with E-state index in [4.69, 9.17) is 9.47 Å². The first-order valence-electron chi connectivity index (χ1n) is 8.86. The molecular formula is C21H23NO5. The largest absolute Gasteiger partial charge is 0.494 e. The van der Waals surface area contributed by atoms with Crippen molar-refractivity contribution in [2.75, 3.05) is 18.5 Å². The highest BCUT2D eigenvalue weighted by Gasteiger charge is 2.12. The molecule has 0 aliphatic heterocycles.